The smallest absolute Gasteiger partial charge is 0.410 e. The van der Waals surface area contributed by atoms with Crippen LogP contribution in [0.3, 0.4) is 0 Å². The number of amides is 1. The average Bonchev–Trinajstić information content (AvgIpc) is 2.80. The van der Waals surface area contributed by atoms with Gasteiger partial charge in [-0.05, 0) is 36.8 Å². The van der Waals surface area contributed by atoms with Gasteiger partial charge in [0.15, 0.2) is 0 Å². The molecule has 0 atom stereocenters. The lowest BCUT2D eigenvalue weighted by Gasteiger charge is -2.37. The summed E-state index contributed by atoms with van der Waals surface area (Å²) in [5.41, 5.74) is 7.50. The number of carbonyl (C=O) groups is 1. The third-order valence-electron chi connectivity index (χ3n) is 5.36. The predicted molar refractivity (Wildman–Crippen MR) is 128 cm³/mol. The number of nitrogens with two attached hydrogens (primary N) is 1. The first-order valence-electron chi connectivity index (χ1n) is 11.0. The third-order valence-corrected chi connectivity index (χ3v) is 5.36. The van der Waals surface area contributed by atoms with Gasteiger partial charge in [0.25, 0.3) is 0 Å². The minimum Gasteiger partial charge on any atom is -0.487 e. The summed E-state index contributed by atoms with van der Waals surface area (Å²) in [4.78, 5) is 22.1. The molecule has 0 saturated carbocycles. The van der Waals surface area contributed by atoms with E-state index in [0.717, 1.165) is 46.3 Å². The lowest BCUT2D eigenvalue weighted by atomic mass is 10.1. The standard InChI is InChI=1S/C25H27N5O3/c1-3-4-11-32-25(31)30-15-20(16-30)33-19-9-6-17(7-10-19)5-8-18-13-29-24(27-2)22-14-28-23(26)12-21(18)22/h6-7,9-10,12-14,20H,3-4,11,15-16H2,1-2H3,(H2,26,28)(H,27,29). The number of nitrogen functional groups attached to an aromatic ring is 1. The summed E-state index contributed by atoms with van der Waals surface area (Å²) >= 11 is 0. The molecular weight excluding hydrogens is 418 g/mol. The van der Waals surface area contributed by atoms with Crippen molar-refractivity contribution >= 4 is 28.5 Å². The number of ether oxygens (including phenoxy) is 2. The molecule has 0 radical (unpaired) electrons. The number of benzene rings is 1. The van der Waals surface area contributed by atoms with Crippen LogP contribution in [0.2, 0.25) is 0 Å². The van der Waals surface area contributed by atoms with Crippen molar-refractivity contribution in [3.63, 3.8) is 0 Å². The molecule has 8 nitrogen and oxygen atoms in total. The third kappa shape index (κ3) is 5.26. The number of likely N-dealkylation sites (tertiary alicyclic amines) is 1. The van der Waals surface area contributed by atoms with Crippen molar-refractivity contribution in [2.75, 3.05) is 37.8 Å². The highest BCUT2D eigenvalue weighted by Gasteiger charge is 2.33. The maximum absolute atomic E-state index is 11.9. The van der Waals surface area contributed by atoms with E-state index in [1.54, 1.807) is 23.4 Å². The van der Waals surface area contributed by atoms with E-state index in [1.807, 2.05) is 31.3 Å². The van der Waals surface area contributed by atoms with Crippen molar-refractivity contribution in [3.8, 4) is 17.6 Å². The molecule has 0 aliphatic carbocycles. The van der Waals surface area contributed by atoms with Crippen molar-refractivity contribution in [2.45, 2.75) is 25.9 Å². The van der Waals surface area contributed by atoms with Crippen LogP contribution < -0.4 is 15.8 Å². The highest BCUT2D eigenvalue weighted by Crippen LogP contribution is 2.25. The molecule has 4 rings (SSSR count). The Labute approximate surface area is 193 Å². The van der Waals surface area contributed by atoms with Crippen molar-refractivity contribution in [2.24, 2.45) is 0 Å². The zero-order valence-electron chi connectivity index (χ0n) is 18.8. The van der Waals surface area contributed by atoms with Gasteiger partial charge in [0.2, 0.25) is 0 Å². The summed E-state index contributed by atoms with van der Waals surface area (Å²) in [5.74, 6) is 8.26. The number of carbonyl (C=O) groups excluding carboxylic acids is 1. The van der Waals surface area contributed by atoms with Gasteiger partial charge in [0.05, 0.1) is 25.3 Å². The minimum absolute atomic E-state index is 0.0251. The summed E-state index contributed by atoms with van der Waals surface area (Å²) in [6.07, 6.45) is 5.02. The lowest BCUT2D eigenvalue weighted by Crippen LogP contribution is -2.56. The zero-order valence-corrected chi connectivity index (χ0v) is 18.8. The van der Waals surface area contributed by atoms with E-state index in [4.69, 9.17) is 15.2 Å². The van der Waals surface area contributed by atoms with Crippen LogP contribution in [0.1, 0.15) is 30.9 Å². The Balaban J connectivity index is 1.37. The number of aromatic nitrogens is 2. The number of pyridine rings is 2. The number of nitrogens with one attached hydrogen (secondary N) is 1. The molecule has 8 heteroatoms. The first-order valence-corrected chi connectivity index (χ1v) is 11.0. The predicted octanol–water partition coefficient (Wildman–Crippen LogP) is 3.65. The van der Waals surface area contributed by atoms with Crippen LogP contribution in [0.15, 0.2) is 42.7 Å². The second-order valence-electron chi connectivity index (χ2n) is 7.81. The maximum Gasteiger partial charge on any atom is 0.410 e. The van der Waals surface area contributed by atoms with E-state index in [0.29, 0.717) is 25.5 Å². The lowest BCUT2D eigenvalue weighted by molar-refractivity contribution is 0.0109. The van der Waals surface area contributed by atoms with Crippen LogP contribution in [-0.4, -0.2) is 53.8 Å². The highest BCUT2D eigenvalue weighted by atomic mass is 16.6. The SMILES string of the molecule is CCCCOC(=O)N1CC(Oc2ccc(C#Cc3cnc(NC)c4cnc(N)cc34)cc2)C1. The Bertz CT molecular complexity index is 1190. The molecule has 0 spiro atoms. The van der Waals surface area contributed by atoms with E-state index >= 15 is 0 Å². The Morgan fingerprint density at radius 1 is 1.18 bits per heavy atom. The van der Waals surface area contributed by atoms with Crippen molar-refractivity contribution in [1.29, 1.82) is 0 Å². The summed E-state index contributed by atoms with van der Waals surface area (Å²) in [7, 11) is 1.81. The molecule has 1 fully saturated rings. The number of hydrogen-bond donors (Lipinski definition) is 2. The van der Waals surface area contributed by atoms with Gasteiger partial charge < -0.3 is 25.4 Å². The van der Waals surface area contributed by atoms with E-state index in [9.17, 15) is 4.79 Å². The topological polar surface area (TPSA) is 103 Å². The molecule has 170 valence electrons. The zero-order chi connectivity index (χ0) is 23.2. The average molecular weight is 446 g/mol. The van der Waals surface area contributed by atoms with Crippen LogP contribution in [0, 0.1) is 11.8 Å². The number of rotatable bonds is 6. The second-order valence-corrected chi connectivity index (χ2v) is 7.81. The van der Waals surface area contributed by atoms with Crippen LogP contribution in [0.25, 0.3) is 10.8 Å². The fraction of sp³-hybridized carbons (Fsp3) is 0.320. The summed E-state index contributed by atoms with van der Waals surface area (Å²) < 4.78 is 11.1. The molecule has 1 aliphatic rings. The Morgan fingerprint density at radius 3 is 2.70 bits per heavy atom. The Hall–Kier alpha value is -3.99. The monoisotopic (exact) mass is 445 g/mol. The summed E-state index contributed by atoms with van der Waals surface area (Å²) in [5, 5.41) is 4.83. The van der Waals surface area contributed by atoms with E-state index in [-0.39, 0.29) is 12.2 Å². The first kappa shape index (κ1) is 22.2. The van der Waals surface area contributed by atoms with Gasteiger partial charge >= 0.3 is 6.09 Å². The van der Waals surface area contributed by atoms with Crippen LogP contribution >= 0.6 is 0 Å². The highest BCUT2D eigenvalue weighted by molar-refractivity contribution is 5.96. The molecule has 33 heavy (non-hydrogen) atoms. The maximum atomic E-state index is 11.9. The van der Waals surface area contributed by atoms with Crippen LogP contribution in [-0.2, 0) is 4.74 Å². The van der Waals surface area contributed by atoms with Crippen molar-refractivity contribution in [1.82, 2.24) is 14.9 Å². The molecule has 1 amide bonds. The molecule has 1 aliphatic heterocycles. The van der Waals surface area contributed by atoms with Crippen LogP contribution in [0.4, 0.5) is 16.4 Å². The Morgan fingerprint density at radius 2 is 1.97 bits per heavy atom. The molecule has 0 unspecified atom stereocenters. The van der Waals surface area contributed by atoms with Gasteiger partial charge in [-0.2, -0.15) is 0 Å². The van der Waals surface area contributed by atoms with Gasteiger partial charge in [-0.1, -0.05) is 25.2 Å². The summed E-state index contributed by atoms with van der Waals surface area (Å²) in [6.45, 7) is 3.60. The number of unbranched alkanes of at least 4 members (excludes halogenated alkanes) is 1. The largest absolute Gasteiger partial charge is 0.487 e. The molecule has 1 aromatic carbocycles. The van der Waals surface area contributed by atoms with Gasteiger partial charge in [0.1, 0.15) is 23.5 Å². The van der Waals surface area contributed by atoms with Gasteiger partial charge in [-0.25, -0.2) is 14.8 Å². The number of anilines is 2. The van der Waals surface area contributed by atoms with Crippen molar-refractivity contribution in [3.05, 3.63) is 53.9 Å². The van der Waals surface area contributed by atoms with E-state index < -0.39 is 0 Å². The Kier molecular flexibility index (Phi) is 6.79. The van der Waals surface area contributed by atoms with Gasteiger partial charge in [-0.3, -0.25) is 0 Å². The molecule has 3 aromatic rings. The second kappa shape index (κ2) is 10.1. The van der Waals surface area contributed by atoms with Crippen LogP contribution in [0.5, 0.6) is 5.75 Å². The summed E-state index contributed by atoms with van der Waals surface area (Å²) in [6, 6.07) is 9.39. The first-order chi connectivity index (χ1) is 16.1. The molecule has 0 bridgehead atoms. The molecule has 2 aromatic heterocycles. The molecule has 1 saturated heterocycles. The van der Waals surface area contributed by atoms with E-state index in [2.05, 4.69) is 34.0 Å². The number of hydrogen-bond acceptors (Lipinski definition) is 7. The molecule has 3 heterocycles. The normalized spacial score (nSPS) is 13.1. The quantitative estimate of drug-likeness (QED) is 0.441. The van der Waals surface area contributed by atoms with E-state index in [1.165, 1.54) is 0 Å². The van der Waals surface area contributed by atoms with Gasteiger partial charge in [-0.15, -0.1) is 0 Å². The van der Waals surface area contributed by atoms with Crippen molar-refractivity contribution < 1.29 is 14.3 Å². The molecular formula is C25H27N5O3. The van der Waals surface area contributed by atoms with Gasteiger partial charge in [0, 0.05) is 35.8 Å². The molecule has 3 N–H and O–H groups in total. The number of nitrogens with zero attached hydrogens (tertiary/aromatic N) is 3. The fourth-order valence-corrected chi connectivity index (χ4v) is 3.46. The fourth-order valence-electron chi connectivity index (χ4n) is 3.46. The minimum atomic E-state index is -0.267. The number of fused-ring (bicyclic) bond motifs is 1.